The number of likely N-dealkylation sites (tertiary alicyclic amines) is 1. The van der Waals surface area contributed by atoms with E-state index in [0.717, 1.165) is 77.3 Å². The van der Waals surface area contributed by atoms with Crippen LogP contribution >= 0.6 is 0 Å². The number of nitrogens with one attached hydrogen (secondary N) is 3. The van der Waals surface area contributed by atoms with Gasteiger partial charge in [-0.15, -0.1) is 0 Å². The highest BCUT2D eigenvalue weighted by atomic mass is 16.2. The highest BCUT2D eigenvalue weighted by molar-refractivity contribution is 5.83. The van der Waals surface area contributed by atoms with Gasteiger partial charge in [0.05, 0.1) is 18.0 Å². The first kappa shape index (κ1) is 23.5. The maximum Gasteiger partial charge on any atom is 0.238 e. The van der Waals surface area contributed by atoms with Crippen molar-refractivity contribution in [3.8, 4) is 0 Å². The summed E-state index contributed by atoms with van der Waals surface area (Å²) >= 11 is 0. The second-order valence-electron chi connectivity index (χ2n) is 11.0. The van der Waals surface area contributed by atoms with Gasteiger partial charge in [0.25, 0.3) is 0 Å². The summed E-state index contributed by atoms with van der Waals surface area (Å²) in [6.45, 7) is 4.09. The average Bonchev–Trinajstić information content (AvgIpc) is 3.13. The molecule has 2 heterocycles. The Morgan fingerprint density at radius 3 is 2.34 bits per heavy atom. The molecule has 2 aliphatic carbocycles. The van der Waals surface area contributed by atoms with Crippen LogP contribution in [0.25, 0.3) is 0 Å². The topological polar surface area (TPSA) is 137 Å². The molecule has 6 atom stereocenters. The standard InChI is InChI=1S/C24H42N6O2/c1-14-2-9-21(28-12-14)29-24(32)20-10-17-7-8-18(22(25)26)11-19(17)30(20)13-15-3-5-16(6-4-15)23(27)31/h14-21,28H,2-13H2,1H3,(H3,25,26)(H2,27,31)(H,29,32). The highest BCUT2D eigenvalue weighted by Gasteiger charge is 2.48. The van der Waals surface area contributed by atoms with Crippen LogP contribution in [0.4, 0.5) is 0 Å². The predicted octanol–water partition coefficient (Wildman–Crippen LogP) is 1.54. The molecule has 0 aromatic heterocycles. The summed E-state index contributed by atoms with van der Waals surface area (Å²) < 4.78 is 0. The molecule has 0 radical (unpaired) electrons. The van der Waals surface area contributed by atoms with Crippen LogP contribution in [0.2, 0.25) is 0 Å². The Labute approximate surface area is 192 Å². The molecule has 0 bridgehead atoms. The van der Waals surface area contributed by atoms with E-state index in [0.29, 0.717) is 29.6 Å². The lowest BCUT2D eigenvalue weighted by atomic mass is 9.77. The Morgan fingerprint density at radius 2 is 1.72 bits per heavy atom. The monoisotopic (exact) mass is 446 g/mol. The van der Waals surface area contributed by atoms with Crippen molar-refractivity contribution in [1.82, 2.24) is 15.5 Å². The fourth-order valence-corrected chi connectivity index (χ4v) is 6.66. The zero-order valence-electron chi connectivity index (χ0n) is 19.5. The van der Waals surface area contributed by atoms with Crippen LogP contribution in [-0.2, 0) is 9.59 Å². The second kappa shape index (κ2) is 10.1. The number of nitrogens with two attached hydrogens (primary N) is 2. The number of amidine groups is 1. The number of piperidine rings is 1. The van der Waals surface area contributed by atoms with Gasteiger partial charge in [-0.3, -0.25) is 25.2 Å². The van der Waals surface area contributed by atoms with E-state index in [4.69, 9.17) is 16.9 Å². The van der Waals surface area contributed by atoms with Gasteiger partial charge in [-0.2, -0.15) is 0 Å². The van der Waals surface area contributed by atoms with E-state index < -0.39 is 0 Å². The van der Waals surface area contributed by atoms with Gasteiger partial charge in [0, 0.05) is 24.4 Å². The van der Waals surface area contributed by atoms with E-state index in [2.05, 4.69) is 22.5 Å². The summed E-state index contributed by atoms with van der Waals surface area (Å²) in [5.74, 6) is 2.06. The van der Waals surface area contributed by atoms with Crippen LogP contribution in [0, 0.1) is 35.0 Å². The van der Waals surface area contributed by atoms with Crippen LogP contribution in [-0.4, -0.2) is 53.9 Å². The lowest BCUT2D eigenvalue weighted by molar-refractivity contribution is -0.127. The molecule has 6 unspecified atom stereocenters. The van der Waals surface area contributed by atoms with Crippen LogP contribution in [0.3, 0.4) is 0 Å². The molecule has 4 aliphatic rings. The Hall–Kier alpha value is -1.67. The second-order valence-corrected chi connectivity index (χ2v) is 11.0. The van der Waals surface area contributed by atoms with Gasteiger partial charge < -0.3 is 16.8 Å². The molecule has 2 amide bonds. The molecule has 2 saturated carbocycles. The predicted molar refractivity (Wildman–Crippen MR) is 125 cm³/mol. The molecule has 4 rings (SSSR count). The van der Waals surface area contributed by atoms with E-state index in [1.807, 2.05) is 0 Å². The maximum atomic E-state index is 13.4. The molecular formula is C24H42N6O2. The van der Waals surface area contributed by atoms with E-state index in [1.54, 1.807) is 0 Å². The lowest BCUT2D eigenvalue weighted by Crippen LogP contribution is -2.55. The molecule has 180 valence electrons. The fourth-order valence-electron chi connectivity index (χ4n) is 6.66. The van der Waals surface area contributed by atoms with Gasteiger partial charge in [-0.25, -0.2) is 0 Å². The molecular weight excluding hydrogens is 404 g/mol. The third-order valence-corrected chi connectivity index (χ3v) is 8.75. The molecule has 2 aliphatic heterocycles. The first-order valence-electron chi connectivity index (χ1n) is 12.7. The Bertz CT molecular complexity index is 699. The van der Waals surface area contributed by atoms with Gasteiger partial charge >= 0.3 is 0 Å². The quantitative estimate of drug-likeness (QED) is 0.311. The number of hydrogen-bond donors (Lipinski definition) is 5. The highest BCUT2D eigenvalue weighted by Crippen LogP contribution is 2.43. The third kappa shape index (κ3) is 5.28. The van der Waals surface area contributed by atoms with Gasteiger partial charge in [-0.1, -0.05) is 6.92 Å². The number of fused-ring (bicyclic) bond motifs is 1. The zero-order chi connectivity index (χ0) is 22.8. The number of primary amides is 1. The molecule has 0 aromatic carbocycles. The number of carbonyl (C=O) groups is 2. The number of carbonyl (C=O) groups excluding carboxylic acids is 2. The van der Waals surface area contributed by atoms with Crippen molar-refractivity contribution in [3.63, 3.8) is 0 Å². The van der Waals surface area contributed by atoms with E-state index in [1.165, 1.54) is 0 Å². The van der Waals surface area contributed by atoms with Gasteiger partial charge in [-0.05, 0) is 88.5 Å². The largest absolute Gasteiger partial charge is 0.387 e. The molecule has 0 aromatic rings. The number of hydrogen-bond acceptors (Lipinski definition) is 5. The minimum Gasteiger partial charge on any atom is -0.387 e. The number of rotatable bonds is 6. The normalized spacial score (nSPS) is 40.4. The molecule has 4 fully saturated rings. The Kier molecular flexibility index (Phi) is 7.40. The minimum absolute atomic E-state index is 0.00761. The van der Waals surface area contributed by atoms with Crippen LogP contribution in [0.15, 0.2) is 0 Å². The summed E-state index contributed by atoms with van der Waals surface area (Å²) in [4.78, 5) is 27.4. The smallest absolute Gasteiger partial charge is 0.238 e. The van der Waals surface area contributed by atoms with E-state index >= 15 is 0 Å². The summed E-state index contributed by atoms with van der Waals surface area (Å²) in [5, 5.41) is 14.7. The van der Waals surface area contributed by atoms with Crippen LogP contribution in [0.5, 0.6) is 0 Å². The van der Waals surface area contributed by atoms with Crippen molar-refractivity contribution in [2.24, 2.45) is 41.1 Å². The van der Waals surface area contributed by atoms with Crippen molar-refractivity contribution < 1.29 is 9.59 Å². The Morgan fingerprint density at radius 1 is 1.00 bits per heavy atom. The zero-order valence-corrected chi connectivity index (χ0v) is 19.5. The van der Waals surface area contributed by atoms with Gasteiger partial charge in [0.1, 0.15) is 0 Å². The van der Waals surface area contributed by atoms with Crippen molar-refractivity contribution in [2.75, 3.05) is 13.1 Å². The summed E-state index contributed by atoms with van der Waals surface area (Å²) in [6, 6.07) is 0.215. The summed E-state index contributed by atoms with van der Waals surface area (Å²) in [5.41, 5.74) is 11.4. The summed E-state index contributed by atoms with van der Waals surface area (Å²) in [7, 11) is 0. The fraction of sp³-hybridized carbons (Fsp3) is 0.875. The molecule has 8 nitrogen and oxygen atoms in total. The Balaban J connectivity index is 1.43. The van der Waals surface area contributed by atoms with Crippen molar-refractivity contribution in [3.05, 3.63) is 0 Å². The SMILES string of the molecule is CC1CCC(NC(=O)C2CC3CCC(C(=N)N)CC3N2CC2CCC(C(N)=O)CC2)NC1. The summed E-state index contributed by atoms with van der Waals surface area (Å²) in [6.07, 6.45) is 9.70. The third-order valence-electron chi connectivity index (χ3n) is 8.75. The average molecular weight is 447 g/mol. The van der Waals surface area contributed by atoms with Crippen molar-refractivity contribution >= 4 is 17.6 Å². The minimum atomic E-state index is -0.173. The lowest BCUT2D eigenvalue weighted by Gasteiger charge is -2.40. The first-order valence-corrected chi connectivity index (χ1v) is 12.7. The van der Waals surface area contributed by atoms with Gasteiger partial charge in [0.2, 0.25) is 11.8 Å². The van der Waals surface area contributed by atoms with Crippen molar-refractivity contribution in [2.45, 2.75) is 89.4 Å². The first-order chi connectivity index (χ1) is 15.3. The molecule has 8 heteroatoms. The number of nitrogens with zero attached hydrogens (tertiary/aromatic N) is 1. The van der Waals surface area contributed by atoms with E-state index in [-0.39, 0.29) is 35.9 Å². The molecule has 32 heavy (non-hydrogen) atoms. The number of amides is 2. The van der Waals surface area contributed by atoms with Gasteiger partial charge in [0.15, 0.2) is 0 Å². The molecule has 7 N–H and O–H groups in total. The van der Waals surface area contributed by atoms with Crippen molar-refractivity contribution in [1.29, 1.82) is 5.41 Å². The molecule has 0 spiro atoms. The van der Waals surface area contributed by atoms with Crippen LogP contribution < -0.4 is 22.1 Å². The molecule has 2 saturated heterocycles. The van der Waals surface area contributed by atoms with E-state index in [9.17, 15) is 9.59 Å². The van der Waals surface area contributed by atoms with Crippen LogP contribution in [0.1, 0.15) is 71.1 Å². The maximum absolute atomic E-state index is 13.4.